The molecule has 5 heteroatoms. The first kappa shape index (κ1) is 25.9. The highest BCUT2D eigenvalue weighted by Gasteiger charge is 2.65. The average Bonchev–Trinajstić information content (AvgIpc) is 3.49. The molecule has 0 saturated carbocycles. The molecule has 3 bridgehead atoms. The number of nitrogens with zero attached hydrogens (tertiary/aromatic N) is 3. The van der Waals surface area contributed by atoms with Crippen molar-refractivity contribution in [2.75, 3.05) is 26.2 Å². The van der Waals surface area contributed by atoms with Gasteiger partial charge in [0.15, 0.2) is 0 Å². The molecule has 1 spiro atoms. The average molecular weight is 549 g/mol. The Labute approximate surface area is 244 Å². The Bertz CT molecular complexity index is 1490. The summed E-state index contributed by atoms with van der Waals surface area (Å²) in [4.78, 5) is 14.4. The number of allylic oxidation sites excluding steroid dienone is 4. The van der Waals surface area contributed by atoms with E-state index in [1.807, 2.05) is 0 Å². The van der Waals surface area contributed by atoms with Crippen LogP contribution < -0.4 is 0 Å². The van der Waals surface area contributed by atoms with Crippen molar-refractivity contribution in [3.63, 3.8) is 0 Å². The van der Waals surface area contributed by atoms with Crippen LogP contribution in [-0.2, 0) is 0 Å². The zero-order valence-electron chi connectivity index (χ0n) is 24.3. The Morgan fingerprint density at radius 1 is 0.927 bits per heavy atom. The maximum Gasteiger partial charge on any atom is 0.0997 e. The Hall–Kier alpha value is -2.73. The third kappa shape index (κ3) is 4.18. The number of aliphatic hydroxyl groups is 1. The molecule has 7 aliphatic rings. The van der Waals surface area contributed by atoms with Crippen molar-refractivity contribution in [3.8, 4) is 11.3 Å². The van der Waals surface area contributed by atoms with E-state index in [1.165, 1.54) is 55.2 Å². The number of fused-ring (bicyclic) bond motifs is 5. The Kier molecular flexibility index (Phi) is 6.46. The maximum atomic E-state index is 13.1. The van der Waals surface area contributed by atoms with Crippen molar-refractivity contribution in [1.29, 1.82) is 0 Å². The molecular formula is C36H44N4O. The molecule has 5 nitrogen and oxygen atoms in total. The standard InChI is InChI=1S/C36H44N4O/c41-36-18-10-4-1-2-5-11-20-39-22-17-30(35(25-39)23-26-13-7-3-6-12-21-40(26)34(35)36)29(24-36)32-33-28(16-19-37-32)27-14-8-9-15-31(27)38-33/h1,4,7-9,13-16,19,24,26,30,34,37,41H,2-3,5-6,10-12,17-18,20-23,25H2/b4-1+,13-7-/t26-,30-,34+,35-,36-/m0/s1. The van der Waals surface area contributed by atoms with Crippen molar-refractivity contribution in [1.82, 2.24) is 19.8 Å². The van der Waals surface area contributed by atoms with Crippen LogP contribution in [0.2, 0.25) is 0 Å². The minimum absolute atomic E-state index is 0.0101. The number of piperidine rings is 1. The first-order chi connectivity index (χ1) is 20.2. The lowest BCUT2D eigenvalue weighted by atomic mass is 9.54. The molecule has 1 unspecified atom stereocenters. The number of aromatic amines is 1. The van der Waals surface area contributed by atoms with Gasteiger partial charge < -0.3 is 15.0 Å². The van der Waals surface area contributed by atoms with Crippen LogP contribution in [0.25, 0.3) is 27.7 Å². The second-order valence-corrected chi connectivity index (χ2v) is 13.5. The summed E-state index contributed by atoms with van der Waals surface area (Å²) in [5.74, 6) is 0.396. The fourth-order valence-electron chi connectivity index (χ4n) is 9.57. The summed E-state index contributed by atoms with van der Waals surface area (Å²) in [6.45, 7) is 4.48. The number of nitrogens with one attached hydrogen (secondary N) is 1. The maximum absolute atomic E-state index is 13.1. The monoisotopic (exact) mass is 548 g/mol. The van der Waals surface area contributed by atoms with Crippen LogP contribution in [-0.4, -0.2) is 68.7 Å². The third-order valence-corrected chi connectivity index (χ3v) is 11.1. The SMILES string of the molecule is O[C@]12C=C(c3[nH]ccc4c5ccccc5nc3-4)[C@@H]3CCN(CCCC/C=C/CC1)C[C@@]31C[C@@H]3/C=C\CCCCN3[C@H]12. The summed E-state index contributed by atoms with van der Waals surface area (Å²) >= 11 is 0. The molecule has 1 aromatic rings. The number of benzene rings is 1. The lowest BCUT2D eigenvalue weighted by Crippen LogP contribution is -2.65. The van der Waals surface area contributed by atoms with E-state index < -0.39 is 5.60 Å². The fourth-order valence-corrected chi connectivity index (χ4v) is 9.57. The van der Waals surface area contributed by atoms with Crippen LogP contribution in [0, 0.1) is 11.3 Å². The van der Waals surface area contributed by atoms with Gasteiger partial charge in [0.2, 0.25) is 0 Å². The van der Waals surface area contributed by atoms with Crippen LogP contribution in [0.3, 0.4) is 0 Å². The molecular weight excluding hydrogens is 504 g/mol. The van der Waals surface area contributed by atoms with Crippen molar-refractivity contribution in [2.24, 2.45) is 11.3 Å². The molecule has 2 N–H and O–H groups in total. The number of hydrogen-bond acceptors (Lipinski definition) is 4. The summed E-state index contributed by atoms with van der Waals surface area (Å²) in [7, 11) is 0. The summed E-state index contributed by atoms with van der Waals surface area (Å²) in [6.07, 6.45) is 25.3. The van der Waals surface area contributed by atoms with Crippen molar-refractivity contribution in [2.45, 2.75) is 81.9 Å². The largest absolute Gasteiger partial charge is 0.384 e. The van der Waals surface area contributed by atoms with E-state index in [0.29, 0.717) is 12.0 Å². The molecule has 41 heavy (non-hydrogen) atoms. The zero-order valence-corrected chi connectivity index (χ0v) is 24.3. The molecule has 0 amide bonds. The van der Waals surface area contributed by atoms with E-state index in [9.17, 15) is 5.11 Å². The minimum atomic E-state index is -0.892. The van der Waals surface area contributed by atoms with Gasteiger partial charge in [-0.3, -0.25) is 4.90 Å². The smallest absolute Gasteiger partial charge is 0.0997 e. The van der Waals surface area contributed by atoms with Gasteiger partial charge in [-0.2, -0.15) is 0 Å². The van der Waals surface area contributed by atoms with E-state index in [2.05, 4.69) is 81.7 Å². The molecule has 1 aliphatic carbocycles. The minimum Gasteiger partial charge on any atom is -0.384 e. The van der Waals surface area contributed by atoms with Crippen LogP contribution in [0.1, 0.15) is 69.9 Å². The molecule has 0 radical (unpaired) electrons. The van der Waals surface area contributed by atoms with Gasteiger partial charge in [-0.05, 0) is 114 Å². The van der Waals surface area contributed by atoms with Gasteiger partial charge in [-0.1, -0.05) is 42.5 Å². The molecule has 0 aromatic heterocycles. The van der Waals surface area contributed by atoms with Gasteiger partial charge in [0.1, 0.15) is 0 Å². The lowest BCUT2D eigenvalue weighted by Gasteiger charge is -2.58. The Balaban J connectivity index is 1.33. The van der Waals surface area contributed by atoms with E-state index in [0.717, 1.165) is 68.6 Å². The van der Waals surface area contributed by atoms with E-state index in [4.69, 9.17) is 4.98 Å². The fraction of sp³-hybridized carbons (Fsp3) is 0.528. The molecule has 214 valence electrons. The second kappa shape index (κ2) is 10.2. The second-order valence-electron chi connectivity index (χ2n) is 13.5. The van der Waals surface area contributed by atoms with Gasteiger partial charge >= 0.3 is 0 Å². The lowest BCUT2D eigenvalue weighted by molar-refractivity contribution is -0.0895. The number of para-hydroxylation sites is 1. The van der Waals surface area contributed by atoms with Crippen LogP contribution in [0.4, 0.5) is 0 Å². The molecule has 2 fully saturated rings. The van der Waals surface area contributed by atoms with E-state index in [1.54, 1.807) is 0 Å². The van der Waals surface area contributed by atoms with Crippen LogP contribution >= 0.6 is 0 Å². The number of H-pyrrole nitrogens is 1. The summed E-state index contributed by atoms with van der Waals surface area (Å²) < 4.78 is 0. The predicted molar refractivity (Wildman–Crippen MR) is 167 cm³/mol. The number of rotatable bonds is 1. The third-order valence-electron chi connectivity index (χ3n) is 11.1. The summed E-state index contributed by atoms with van der Waals surface area (Å²) in [5.41, 5.74) is 4.88. The topological polar surface area (TPSA) is 55.4 Å². The summed E-state index contributed by atoms with van der Waals surface area (Å²) in [5, 5.41) is 14.3. The highest BCUT2D eigenvalue weighted by molar-refractivity contribution is 6.00. The molecule has 6 heterocycles. The quantitative estimate of drug-likeness (QED) is 0.328. The van der Waals surface area contributed by atoms with Gasteiger partial charge in [-0.15, -0.1) is 0 Å². The molecule has 1 aromatic carbocycles. The Morgan fingerprint density at radius 2 is 1.78 bits per heavy atom. The van der Waals surface area contributed by atoms with Gasteiger partial charge in [0, 0.05) is 35.1 Å². The Morgan fingerprint density at radius 3 is 2.73 bits per heavy atom. The highest BCUT2D eigenvalue weighted by Crippen LogP contribution is 2.62. The molecule has 2 saturated heterocycles. The molecule has 8 rings (SSSR count). The molecule has 6 aliphatic heterocycles. The number of pyridine rings is 1. The van der Waals surface area contributed by atoms with Crippen LogP contribution in [0.15, 0.2) is 66.9 Å². The van der Waals surface area contributed by atoms with Gasteiger partial charge in [0.05, 0.1) is 28.5 Å². The first-order valence-electron chi connectivity index (χ1n) is 16.3. The normalized spacial score (nSPS) is 37.6. The van der Waals surface area contributed by atoms with E-state index in [-0.39, 0.29) is 11.5 Å². The predicted octanol–water partition coefficient (Wildman–Crippen LogP) is 6.81. The zero-order chi connectivity index (χ0) is 27.4. The van der Waals surface area contributed by atoms with Crippen molar-refractivity contribution in [3.05, 3.63) is 72.6 Å². The van der Waals surface area contributed by atoms with E-state index >= 15 is 0 Å². The number of aromatic nitrogens is 2. The summed E-state index contributed by atoms with van der Waals surface area (Å²) in [6, 6.07) is 11.2. The van der Waals surface area contributed by atoms with Crippen molar-refractivity contribution >= 4 is 16.5 Å². The molecule has 6 atom stereocenters. The highest BCUT2D eigenvalue weighted by atomic mass is 16.3. The van der Waals surface area contributed by atoms with Gasteiger partial charge in [-0.25, -0.2) is 4.98 Å². The van der Waals surface area contributed by atoms with Crippen molar-refractivity contribution < 1.29 is 5.11 Å². The van der Waals surface area contributed by atoms with Crippen LogP contribution in [0.5, 0.6) is 0 Å². The number of hydrogen-bond donors (Lipinski definition) is 2. The first-order valence-corrected chi connectivity index (χ1v) is 16.3. The van der Waals surface area contributed by atoms with Gasteiger partial charge in [0.25, 0.3) is 0 Å².